The van der Waals surface area contributed by atoms with Gasteiger partial charge in [-0.1, -0.05) is 12.2 Å². The first-order chi connectivity index (χ1) is 16.5. The molecular formula is C26H40N2O6. The van der Waals surface area contributed by atoms with E-state index in [1.165, 1.54) is 0 Å². The quantitative estimate of drug-likeness (QED) is 0.204. The minimum absolute atomic E-state index is 0.0693. The van der Waals surface area contributed by atoms with Gasteiger partial charge < -0.3 is 19.3 Å². The number of rotatable bonds is 15. The van der Waals surface area contributed by atoms with Crippen molar-refractivity contribution in [1.82, 2.24) is 9.80 Å². The number of hydrogen-bond donors (Lipinski definition) is 0. The van der Waals surface area contributed by atoms with Crippen LogP contribution in [0.2, 0.25) is 0 Å². The zero-order valence-electron chi connectivity index (χ0n) is 20.4. The molecular weight excluding hydrogens is 436 g/mol. The SMILES string of the molecule is C=CCCCOC(=O)C1CCCN1C(=O)CCCCC(=O)N1CCCC1C(=O)OCCCC=C. The number of esters is 2. The molecule has 0 aromatic heterocycles. The van der Waals surface area contributed by atoms with E-state index in [-0.39, 0.29) is 23.8 Å². The first-order valence-electron chi connectivity index (χ1n) is 12.6. The maximum Gasteiger partial charge on any atom is 0.328 e. The Labute approximate surface area is 203 Å². The Morgan fingerprint density at radius 1 is 0.706 bits per heavy atom. The van der Waals surface area contributed by atoms with E-state index in [9.17, 15) is 19.2 Å². The van der Waals surface area contributed by atoms with Crippen LogP contribution in [-0.4, -0.2) is 71.9 Å². The molecule has 2 unspecified atom stereocenters. The molecule has 0 N–H and O–H groups in total. The second-order valence-corrected chi connectivity index (χ2v) is 8.89. The van der Waals surface area contributed by atoms with E-state index in [1.807, 2.05) is 0 Å². The lowest BCUT2D eigenvalue weighted by molar-refractivity contribution is -0.154. The number of nitrogens with zero attached hydrogens (tertiary/aromatic N) is 2. The van der Waals surface area contributed by atoms with Crippen LogP contribution in [0, 0.1) is 0 Å². The minimum atomic E-state index is -0.499. The van der Waals surface area contributed by atoms with Gasteiger partial charge in [-0.15, -0.1) is 13.2 Å². The molecule has 2 fully saturated rings. The van der Waals surface area contributed by atoms with E-state index < -0.39 is 12.1 Å². The molecule has 0 saturated carbocycles. The predicted octanol–water partition coefficient (Wildman–Crippen LogP) is 3.55. The molecule has 2 amide bonds. The molecule has 0 radical (unpaired) electrons. The molecule has 0 spiro atoms. The van der Waals surface area contributed by atoms with Crippen molar-refractivity contribution in [2.75, 3.05) is 26.3 Å². The van der Waals surface area contributed by atoms with Crippen LogP contribution in [0.15, 0.2) is 25.3 Å². The number of ether oxygens (including phenoxy) is 2. The Morgan fingerprint density at radius 3 is 1.50 bits per heavy atom. The van der Waals surface area contributed by atoms with Crippen LogP contribution in [-0.2, 0) is 28.7 Å². The molecule has 0 aliphatic carbocycles. The van der Waals surface area contributed by atoms with Crippen LogP contribution in [0.25, 0.3) is 0 Å². The van der Waals surface area contributed by atoms with Crippen LogP contribution in [0.3, 0.4) is 0 Å². The van der Waals surface area contributed by atoms with E-state index in [1.54, 1.807) is 22.0 Å². The van der Waals surface area contributed by atoms with Crippen molar-refractivity contribution >= 4 is 23.8 Å². The normalized spacial score (nSPS) is 19.6. The van der Waals surface area contributed by atoms with Gasteiger partial charge in [-0.3, -0.25) is 9.59 Å². The van der Waals surface area contributed by atoms with Gasteiger partial charge in [0.15, 0.2) is 0 Å². The monoisotopic (exact) mass is 476 g/mol. The van der Waals surface area contributed by atoms with Gasteiger partial charge >= 0.3 is 11.9 Å². The molecule has 8 nitrogen and oxygen atoms in total. The van der Waals surface area contributed by atoms with Crippen LogP contribution in [0.1, 0.15) is 77.0 Å². The molecule has 0 bridgehead atoms. The van der Waals surface area contributed by atoms with Gasteiger partial charge in [0.05, 0.1) is 13.2 Å². The van der Waals surface area contributed by atoms with Crippen LogP contribution >= 0.6 is 0 Å². The number of unbranched alkanes of at least 4 members (excludes halogenated alkanes) is 3. The number of amides is 2. The highest BCUT2D eigenvalue weighted by molar-refractivity contribution is 5.86. The molecule has 2 atom stereocenters. The van der Waals surface area contributed by atoms with Crippen molar-refractivity contribution in [3.63, 3.8) is 0 Å². The highest BCUT2D eigenvalue weighted by Gasteiger charge is 2.36. The fraction of sp³-hybridized carbons (Fsp3) is 0.692. The van der Waals surface area contributed by atoms with Gasteiger partial charge in [0, 0.05) is 25.9 Å². The molecule has 190 valence electrons. The second-order valence-electron chi connectivity index (χ2n) is 8.89. The van der Waals surface area contributed by atoms with Crippen molar-refractivity contribution in [1.29, 1.82) is 0 Å². The Morgan fingerprint density at radius 2 is 1.12 bits per heavy atom. The van der Waals surface area contributed by atoms with E-state index in [4.69, 9.17) is 9.47 Å². The molecule has 2 heterocycles. The van der Waals surface area contributed by atoms with Gasteiger partial charge in [0.25, 0.3) is 0 Å². The predicted molar refractivity (Wildman–Crippen MR) is 129 cm³/mol. The molecule has 2 rings (SSSR count). The zero-order chi connectivity index (χ0) is 24.8. The number of likely N-dealkylation sites (tertiary alicyclic amines) is 2. The first kappa shape index (κ1) is 27.6. The summed E-state index contributed by atoms with van der Waals surface area (Å²) in [4.78, 5) is 53.3. The lowest BCUT2D eigenvalue weighted by Crippen LogP contribution is -2.42. The molecule has 0 aromatic carbocycles. The van der Waals surface area contributed by atoms with Gasteiger partial charge in [-0.25, -0.2) is 9.59 Å². The summed E-state index contributed by atoms with van der Waals surface area (Å²) < 4.78 is 10.6. The summed E-state index contributed by atoms with van der Waals surface area (Å²) in [5.74, 6) is -0.802. The summed E-state index contributed by atoms with van der Waals surface area (Å²) >= 11 is 0. The zero-order valence-corrected chi connectivity index (χ0v) is 20.4. The fourth-order valence-electron chi connectivity index (χ4n) is 4.45. The molecule has 2 aliphatic rings. The van der Waals surface area contributed by atoms with E-state index in [0.29, 0.717) is 64.8 Å². The van der Waals surface area contributed by atoms with E-state index in [2.05, 4.69) is 13.2 Å². The number of allylic oxidation sites excluding steroid dienone is 2. The van der Waals surface area contributed by atoms with Crippen molar-refractivity contribution in [3.05, 3.63) is 25.3 Å². The highest BCUT2D eigenvalue weighted by atomic mass is 16.5. The van der Waals surface area contributed by atoms with E-state index >= 15 is 0 Å². The molecule has 2 aliphatic heterocycles. The van der Waals surface area contributed by atoms with E-state index in [0.717, 1.165) is 38.5 Å². The second kappa shape index (κ2) is 15.3. The van der Waals surface area contributed by atoms with Gasteiger partial charge in [0.1, 0.15) is 12.1 Å². The smallest absolute Gasteiger partial charge is 0.328 e. The Bertz CT molecular complexity index is 662. The maximum atomic E-state index is 12.7. The van der Waals surface area contributed by atoms with Gasteiger partial charge in [-0.2, -0.15) is 0 Å². The lowest BCUT2D eigenvalue weighted by Gasteiger charge is -2.24. The van der Waals surface area contributed by atoms with Crippen molar-refractivity contribution in [2.24, 2.45) is 0 Å². The summed E-state index contributed by atoms with van der Waals surface area (Å²) in [5.41, 5.74) is 0. The Hall–Kier alpha value is -2.64. The Balaban J connectivity index is 1.69. The highest BCUT2D eigenvalue weighted by Crippen LogP contribution is 2.22. The molecule has 2 saturated heterocycles. The van der Waals surface area contributed by atoms with Crippen LogP contribution < -0.4 is 0 Å². The maximum absolute atomic E-state index is 12.7. The van der Waals surface area contributed by atoms with Crippen molar-refractivity contribution in [3.8, 4) is 0 Å². The summed E-state index contributed by atoms with van der Waals surface area (Å²) in [6.45, 7) is 9.10. The minimum Gasteiger partial charge on any atom is -0.464 e. The summed E-state index contributed by atoms with van der Waals surface area (Å²) in [5, 5.41) is 0. The molecule has 34 heavy (non-hydrogen) atoms. The number of carbonyl (C=O) groups is 4. The lowest BCUT2D eigenvalue weighted by atomic mass is 10.1. The Kier molecular flexibility index (Phi) is 12.4. The third-order valence-corrected chi connectivity index (χ3v) is 6.32. The average molecular weight is 477 g/mol. The topological polar surface area (TPSA) is 93.2 Å². The van der Waals surface area contributed by atoms with Gasteiger partial charge in [-0.05, 0) is 64.2 Å². The summed E-state index contributed by atoms with van der Waals surface area (Å²) in [6, 6.07) is -0.999. The third-order valence-electron chi connectivity index (χ3n) is 6.32. The third kappa shape index (κ3) is 8.61. The standard InChI is InChI=1S/C26H40N2O6/c1-3-5-9-19-33-25(31)21-13-11-17-27(21)23(29)15-7-8-16-24(30)28-18-12-14-22(28)26(32)34-20-10-6-4-2/h3-4,21-22H,1-2,5-20H2. The van der Waals surface area contributed by atoms with Crippen LogP contribution in [0.5, 0.6) is 0 Å². The largest absolute Gasteiger partial charge is 0.464 e. The number of hydrogen-bond acceptors (Lipinski definition) is 6. The average Bonchev–Trinajstić information content (AvgIpc) is 3.52. The summed E-state index contributed by atoms with van der Waals surface area (Å²) in [6.07, 6.45) is 11.1. The number of carbonyl (C=O) groups excluding carboxylic acids is 4. The fourth-order valence-corrected chi connectivity index (χ4v) is 4.45. The molecule has 8 heteroatoms. The van der Waals surface area contributed by atoms with Crippen molar-refractivity contribution < 1.29 is 28.7 Å². The van der Waals surface area contributed by atoms with Crippen molar-refractivity contribution in [2.45, 2.75) is 89.1 Å². The first-order valence-corrected chi connectivity index (χ1v) is 12.6. The van der Waals surface area contributed by atoms with Crippen LogP contribution in [0.4, 0.5) is 0 Å². The van der Waals surface area contributed by atoms with Gasteiger partial charge in [0.2, 0.25) is 11.8 Å². The molecule has 0 aromatic rings. The summed E-state index contributed by atoms with van der Waals surface area (Å²) in [7, 11) is 0.